The number of amides is 1. The van der Waals surface area contributed by atoms with E-state index in [2.05, 4.69) is 6.92 Å². The molecule has 0 aliphatic heterocycles. The summed E-state index contributed by atoms with van der Waals surface area (Å²) in [5.41, 5.74) is 5.55. The summed E-state index contributed by atoms with van der Waals surface area (Å²) in [7, 11) is 0. The van der Waals surface area contributed by atoms with Crippen LogP contribution in [0.15, 0.2) is 18.2 Å². The Balaban J connectivity index is 2.03. The Morgan fingerprint density at radius 2 is 1.57 bits per heavy atom. The van der Waals surface area contributed by atoms with Crippen molar-refractivity contribution in [1.82, 2.24) is 0 Å². The van der Waals surface area contributed by atoms with Crippen molar-refractivity contribution in [3.05, 3.63) is 28.8 Å². The molecule has 0 saturated heterocycles. The molecule has 1 amide bonds. The van der Waals surface area contributed by atoms with Crippen LogP contribution in [-0.4, -0.2) is 12.5 Å². The number of ether oxygens (including phenoxy) is 1. The van der Waals surface area contributed by atoms with E-state index in [4.69, 9.17) is 22.1 Å². The van der Waals surface area contributed by atoms with Gasteiger partial charge in [-0.2, -0.15) is 0 Å². The van der Waals surface area contributed by atoms with E-state index in [1.807, 2.05) is 0 Å². The van der Waals surface area contributed by atoms with Gasteiger partial charge in [-0.05, 0) is 24.6 Å². The predicted octanol–water partition coefficient (Wildman–Crippen LogP) is 5.74. The minimum atomic E-state index is -0.517. The van der Waals surface area contributed by atoms with Gasteiger partial charge in [0.2, 0.25) is 5.91 Å². The SMILES string of the molecule is CCCCCCCCCCCCOc1ccc(C(N)=O)c(Cl)c1. The van der Waals surface area contributed by atoms with Crippen molar-refractivity contribution in [2.24, 2.45) is 5.73 Å². The number of carbonyl (C=O) groups excluding carboxylic acids is 1. The van der Waals surface area contributed by atoms with E-state index < -0.39 is 5.91 Å². The molecule has 1 aromatic carbocycles. The summed E-state index contributed by atoms with van der Waals surface area (Å²) >= 11 is 5.99. The third-order valence-electron chi connectivity index (χ3n) is 3.97. The summed E-state index contributed by atoms with van der Waals surface area (Å²) in [4.78, 5) is 11.1. The second-order valence-electron chi connectivity index (χ2n) is 6.04. The minimum Gasteiger partial charge on any atom is -0.494 e. The second-order valence-corrected chi connectivity index (χ2v) is 6.44. The molecule has 0 spiro atoms. The summed E-state index contributed by atoms with van der Waals surface area (Å²) in [5.74, 6) is 0.173. The van der Waals surface area contributed by atoms with Gasteiger partial charge in [0.25, 0.3) is 0 Å². The summed E-state index contributed by atoms with van der Waals surface area (Å²) < 4.78 is 5.66. The molecule has 0 aliphatic rings. The molecule has 0 radical (unpaired) electrons. The minimum absolute atomic E-state index is 0.331. The molecule has 130 valence electrons. The number of rotatable bonds is 13. The first-order valence-electron chi connectivity index (χ1n) is 8.87. The standard InChI is InChI=1S/C19H30ClNO2/c1-2-3-4-5-6-7-8-9-10-11-14-23-16-12-13-17(19(21)22)18(20)15-16/h12-13,15H,2-11,14H2,1H3,(H2,21,22). The Kier molecular flexibility index (Phi) is 10.5. The largest absolute Gasteiger partial charge is 0.494 e. The number of hydrogen-bond acceptors (Lipinski definition) is 2. The van der Waals surface area contributed by atoms with Crippen molar-refractivity contribution >= 4 is 17.5 Å². The van der Waals surface area contributed by atoms with E-state index in [0.717, 1.165) is 6.42 Å². The maximum Gasteiger partial charge on any atom is 0.250 e. The number of primary amides is 1. The molecule has 4 heteroatoms. The highest BCUT2D eigenvalue weighted by Gasteiger charge is 2.07. The van der Waals surface area contributed by atoms with E-state index >= 15 is 0 Å². The van der Waals surface area contributed by atoms with Crippen LogP contribution >= 0.6 is 11.6 Å². The quantitative estimate of drug-likeness (QED) is 0.466. The van der Waals surface area contributed by atoms with Crippen LogP contribution in [0.5, 0.6) is 5.75 Å². The van der Waals surface area contributed by atoms with Gasteiger partial charge in [-0.1, -0.05) is 76.3 Å². The van der Waals surface area contributed by atoms with Crippen molar-refractivity contribution in [3.8, 4) is 5.75 Å². The maximum absolute atomic E-state index is 11.1. The van der Waals surface area contributed by atoms with Gasteiger partial charge in [-0.3, -0.25) is 4.79 Å². The molecule has 0 bridgehead atoms. The zero-order valence-electron chi connectivity index (χ0n) is 14.3. The molecular weight excluding hydrogens is 310 g/mol. The number of carbonyl (C=O) groups is 1. The Morgan fingerprint density at radius 3 is 2.09 bits per heavy atom. The van der Waals surface area contributed by atoms with E-state index in [1.54, 1.807) is 18.2 Å². The van der Waals surface area contributed by atoms with Crippen molar-refractivity contribution in [2.75, 3.05) is 6.61 Å². The fraction of sp³-hybridized carbons (Fsp3) is 0.632. The normalized spacial score (nSPS) is 10.7. The second kappa shape index (κ2) is 12.2. The molecule has 2 N–H and O–H groups in total. The zero-order chi connectivity index (χ0) is 16.9. The molecule has 0 heterocycles. The van der Waals surface area contributed by atoms with Crippen molar-refractivity contribution in [3.63, 3.8) is 0 Å². The zero-order valence-corrected chi connectivity index (χ0v) is 15.0. The lowest BCUT2D eigenvalue weighted by Gasteiger charge is -2.08. The van der Waals surface area contributed by atoms with Crippen LogP contribution in [0.4, 0.5) is 0 Å². The molecule has 0 saturated carbocycles. The highest BCUT2D eigenvalue weighted by molar-refractivity contribution is 6.33. The van der Waals surface area contributed by atoms with Crippen LogP contribution in [0.2, 0.25) is 5.02 Å². The van der Waals surface area contributed by atoms with E-state index in [9.17, 15) is 4.79 Å². The first kappa shape index (κ1) is 19.8. The molecule has 0 atom stereocenters. The maximum atomic E-state index is 11.1. The third-order valence-corrected chi connectivity index (χ3v) is 4.29. The lowest BCUT2D eigenvalue weighted by molar-refractivity contribution is 0.100. The monoisotopic (exact) mass is 339 g/mol. The van der Waals surface area contributed by atoms with Crippen LogP contribution in [0.3, 0.4) is 0 Å². The van der Waals surface area contributed by atoms with Gasteiger partial charge in [0.1, 0.15) is 5.75 Å². The topological polar surface area (TPSA) is 52.3 Å². The van der Waals surface area contributed by atoms with Crippen LogP contribution in [0.25, 0.3) is 0 Å². The Bertz CT molecular complexity index is 463. The molecule has 0 aliphatic carbocycles. The third kappa shape index (κ3) is 8.85. The Hall–Kier alpha value is -1.22. The van der Waals surface area contributed by atoms with E-state index in [1.165, 1.54) is 57.8 Å². The van der Waals surface area contributed by atoms with Crippen molar-refractivity contribution < 1.29 is 9.53 Å². The average Bonchev–Trinajstić information content (AvgIpc) is 2.52. The smallest absolute Gasteiger partial charge is 0.250 e. The molecule has 1 rings (SSSR count). The van der Waals surface area contributed by atoms with Gasteiger partial charge in [-0.15, -0.1) is 0 Å². The van der Waals surface area contributed by atoms with Gasteiger partial charge in [0, 0.05) is 0 Å². The number of nitrogens with two attached hydrogens (primary N) is 1. The predicted molar refractivity (Wildman–Crippen MR) is 97.3 cm³/mol. The lowest BCUT2D eigenvalue weighted by atomic mass is 10.1. The molecule has 23 heavy (non-hydrogen) atoms. The number of halogens is 1. The lowest BCUT2D eigenvalue weighted by Crippen LogP contribution is -2.11. The van der Waals surface area contributed by atoms with Gasteiger partial charge < -0.3 is 10.5 Å². The highest BCUT2D eigenvalue weighted by Crippen LogP contribution is 2.22. The first-order valence-corrected chi connectivity index (χ1v) is 9.25. The highest BCUT2D eigenvalue weighted by atomic mass is 35.5. The van der Waals surface area contributed by atoms with Crippen LogP contribution < -0.4 is 10.5 Å². The fourth-order valence-corrected chi connectivity index (χ4v) is 2.83. The van der Waals surface area contributed by atoms with Gasteiger partial charge in [0.15, 0.2) is 0 Å². The van der Waals surface area contributed by atoms with Gasteiger partial charge in [0.05, 0.1) is 17.2 Å². The summed E-state index contributed by atoms with van der Waals surface area (Å²) in [6, 6.07) is 5.00. The van der Waals surface area contributed by atoms with Gasteiger partial charge in [-0.25, -0.2) is 0 Å². The summed E-state index contributed by atoms with van der Waals surface area (Å²) in [5, 5.41) is 0.345. The fourth-order valence-electron chi connectivity index (χ4n) is 2.56. The van der Waals surface area contributed by atoms with Gasteiger partial charge >= 0.3 is 0 Å². The molecule has 3 nitrogen and oxygen atoms in total. The van der Waals surface area contributed by atoms with E-state index in [0.29, 0.717) is 22.9 Å². The average molecular weight is 340 g/mol. The summed E-state index contributed by atoms with van der Waals surface area (Å²) in [6.45, 7) is 2.94. The molecule has 1 aromatic rings. The van der Waals surface area contributed by atoms with Crippen molar-refractivity contribution in [2.45, 2.75) is 71.1 Å². The van der Waals surface area contributed by atoms with Crippen LogP contribution in [0.1, 0.15) is 81.5 Å². The van der Waals surface area contributed by atoms with E-state index in [-0.39, 0.29) is 0 Å². The molecular formula is C19H30ClNO2. The number of hydrogen-bond donors (Lipinski definition) is 1. The number of unbranched alkanes of at least 4 members (excludes halogenated alkanes) is 9. The Morgan fingerprint density at radius 1 is 1.00 bits per heavy atom. The van der Waals surface area contributed by atoms with Crippen molar-refractivity contribution in [1.29, 1.82) is 0 Å². The molecule has 0 aromatic heterocycles. The first-order chi connectivity index (χ1) is 11.1. The summed E-state index contributed by atoms with van der Waals surface area (Å²) in [6.07, 6.45) is 13.0. The molecule has 0 unspecified atom stereocenters. The van der Waals surface area contributed by atoms with Crippen LogP contribution in [0, 0.1) is 0 Å². The molecule has 0 fully saturated rings. The van der Waals surface area contributed by atoms with Crippen LogP contribution in [-0.2, 0) is 0 Å². The number of benzene rings is 1. The Labute approximate surface area is 145 Å².